The SMILES string of the molecule is Cc1cc(-n2nc(C)nc2C)cc([C@@H]2C[C@H]2c2nc3ccccc3n2C)n1. The highest BCUT2D eigenvalue weighted by molar-refractivity contribution is 5.76. The van der Waals surface area contributed by atoms with Gasteiger partial charge in [0.05, 0.1) is 16.7 Å². The predicted molar refractivity (Wildman–Crippen MR) is 104 cm³/mol. The minimum atomic E-state index is 0.407. The molecule has 136 valence electrons. The zero-order valence-electron chi connectivity index (χ0n) is 16.0. The van der Waals surface area contributed by atoms with Gasteiger partial charge in [-0.25, -0.2) is 14.6 Å². The third-order valence-corrected chi connectivity index (χ3v) is 5.40. The quantitative estimate of drug-likeness (QED) is 0.560. The van der Waals surface area contributed by atoms with Crippen molar-refractivity contribution in [3.05, 3.63) is 65.3 Å². The van der Waals surface area contributed by atoms with E-state index in [2.05, 4.69) is 52.0 Å². The van der Waals surface area contributed by atoms with Gasteiger partial charge in [-0.15, -0.1) is 0 Å². The van der Waals surface area contributed by atoms with Crippen molar-refractivity contribution in [2.24, 2.45) is 7.05 Å². The first-order valence-corrected chi connectivity index (χ1v) is 9.32. The molecule has 0 saturated heterocycles. The molecule has 1 fully saturated rings. The number of pyridine rings is 1. The van der Waals surface area contributed by atoms with E-state index in [4.69, 9.17) is 9.97 Å². The molecule has 1 aliphatic rings. The van der Waals surface area contributed by atoms with Gasteiger partial charge < -0.3 is 4.57 Å². The minimum Gasteiger partial charge on any atom is -0.331 e. The number of fused-ring (bicyclic) bond motifs is 1. The Hall–Kier alpha value is -3.02. The molecule has 0 N–H and O–H groups in total. The summed E-state index contributed by atoms with van der Waals surface area (Å²) in [6.07, 6.45) is 1.09. The van der Waals surface area contributed by atoms with Gasteiger partial charge in [0.15, 0.2) is 0 Å². The summed E-state index contributed by atoms with van der Waals surface area (Å²) in [5.41, 5.74) is 5.41. The van der Waals surface area contributed by atoms with Crippen LogP contribution in [0.3, 0.4) is 0 Å². The summed E-state index contributed by atoms with van der Waals surface area (Å²) in [6.45, 7) is 5.94. The average molecular weight is 358 g/mol. The number of hydrogen-bond acceptors (Lipinski definition) is 4. The molecule has 3 aromatic heterocycles. The Morgan fingerprint density at radius 2 is 1.78 bits per heavy atom. The van der Waals surface area contributed by atoms with Gasteiger partial charge in [0, 0.05) is 30.3 Å². The highest BCUT2D eigenvalue weighted by Crippen LogP contribution is 2.54. The second-order valence-electron chi connectivity index (χ2n) is 7.48. The van der Waals surface area contributed by atoms with E-state index in [1.54, 1.807) is 0 Å². The average Bonchev–Trinajstić information content (AvgIpc) is 3.27. The molecule has 3 heterocycles. The van der Waals surface area contributed by atoms with Crippen molar-refractivity contribution in [1.29, 1.82) is 0 Å². The molecule has 4 aromatic rings. The van der Waals surface area contributed by atoms with Crippen molar-refractivity contribution in [3.8, 4) is 5.69 Å². The van der Waals surface area contributed by atoms with Crippen molar-refractivity contribution in [1.82, 2.24) is 29.3 Å². The summed E-state index contributed by atoms with van der Waals surface area (Å²) in [7, 11) is 2.11. The fraction of sp³-hybridized carbons (Fsp3) is 0.333. The zero-order chi connectivity index (χ0) is 18.7. The maximum absolute atomic E-state index is 4.88. The molecular weight excluding hydrogens is 336 g/mol. The molecule has 0 radical (unpaired) electrons. The lowest BCUT2D eigenvalue weighted by atomic mass is 10.1. The molecule has 27 heavy (non-hydrogen) atoms. The molecule has 6 nitrogen and oxygen atoms in total. The Morgan fingerprint density at radius 3 is 2.52 bits per heavy atom. The van der Waals surface area contributed by atoms with E-state index in [1.807, 2.05) is 31.5 Å². The normalized spacial score (nSPS) is 19.0. The third-order valence-electron chi connectivity index (χ3n) is 5.40. The topological polar surface area (TPSA) is 61.4 Å². The monoisotopic (exact) mass is 358 g/mol. The van der Waals surface area contributed by atoms with Crippen LogP contribution in [0.4, 0.5) is 0 Å². The van der Waals surface area contributed by atoms with Crippen molar-refractivity contribution >= 4 is 11.0 Å². The Morgan fingerprint density at radius 1 is 0.963 bits per heavy atom. The molecule has 1 saturated carbocycles. The molecule has 2 atom stereocenters. The molecule has 0 bridgehead atoms. The number of hydrogen-bond donors (Lipinski definition) is 0. The summed E-state index contributed by atoms with van der Waals surface area (Å²) >= 11 is 0. The van der Waals surface area contributed by atoms with Gasteiger partial charge in [-0.1, -0.05) is 12.1 Å². The summed E-state index contributed by atoms with van der Waals surface area (Å²) in [5.74, 6) is 3.66. The van der Waals surface area contributed by atoms with Crippen LogP contribution in [0.5, 0.6) is 0 Å². The first-order valence-electron chi connectivity index (χ1n) is 9.32. The molecule has 0 aliphatic heterocycles. The maximum Gasteiger partial charge on any atom is 0.148 e. The standard InChI is InChI=1S/C21H22N6/c1-12-9-15(27-14(3)23-13(2)25-27)10-19(22-12)16-11-17(16)21-24-18-7-5-6-8-20(18)26(21)4/h5-10,16-17H,11H2,1-4H3/t16-,17-/m1/s1. The van der Waals surface area contributed by atoms with Crippen LogP contribution >= 0.6 is 0 Å². The van der Waals surface area contributed by atoms with Crippen molar-refractivity contribution in [3.63, 3.8) is 0 Å². The molecule has 5 rings (SSSR count). The minimum absolute atomic E-state index is 0.407. The number of benzene rings is 1. The van der Waals surface area contributed by atoms with E-state index < -0.39 is 0 Å². The van der Waals surface area contributed by atoms with Crippen LogP contribution in [0.1, 0.15) is 47.1 Å². The second-order valence-corrected chi connectivity index (χ2v) is 7.48. The smallest absolute Gasteiger partial charge is 0.148 e. The fourth-order valence-corrected chi connectivity index (χ4v) is 4.06. The van der Waals surface area contributed by atoms with E-state index in [9.17, 15) is 0 Å². The summed E-state index contributed by atoms with van der Waals surface area (Å²) < 4.78 is 4.13. The van der Waals surface area contributed by atoms with Crippen LogP contribution in [-0.4, -0.2) is 29.3 Å². The van der Waals surface area contributed by atoms with E-state index in [-0.39, 0.29) is 0 Å². The molecule has 1 aliphatic carbocycles. The van der Waals surface area contributed by atoms with Gasteiger partial charge in [0.1, 0.15) is 17.5 Å². The van der Waals surface area contributed by atoms with E-state index in [0.717, 1.165) is 46.5 Å². The summed E-state index contributed by atoms with van der Waals surface area (Å²) in [5, 5.41) is 4.52. The van der Waals surface area contributed by atoms with Gasteiger partial charge in [0.25, 0.3) is 0 Å². The van der Waals surface area contributed by atoms with E-state index in [0.29, 0.717) is 11.8 Å². The lowest BCUT2D eigenvalue weighted by Gasteiger charge is -2.08. The Labute approximate surface area is 157 Å². The fourth-order valence-electron chi connectivity index (χ4n) is 4.06. The first kappa shape index (κ1) is 16.2. The van der Waals surface area contributed by atoms with Gasteiger partial charge in [-0.2, -0.15) is 5.10 Å². The number of para-hydroxylation sites is 2. The molecule has 0 unspecified atom stereocenters. The maximum atomic E-state index is 4.88. The van der Waals surface area contributed by atoms with Gasteiger partial charge in [-0.3, -0.25) is 4.98 Å². The molecule has 0 amide bonds. The summed E-state index contributed by atoms with van der Waals surface area (Å²) in [6, 6.07) is 12.5. The second kappa shape index (κ2) is 5.74. The molecule has 6 heteroatoms. The molecular formula is C21H22N6. The van der Waals surface area contributed by atoms with Crippen molar-refractivity contribution < 1.29 is 0 Å². The largest absolute Gasteiger partial charge is 0.331 e. The zero-order valence-corrected chi connectivity index (χ0v) is 16.0. The van der Waals surface area contributed by atoms with Crippen LogP contribution in [-0.2, 0) is 7.05 Å². The number of aryl methyl sites for hydroxylation is 4. The van der Waals surface area contributed by atoms with Gasteiger partial charge >= 0.3 is 0 Å². The number of imidazole rings is 1. The van der Waals surface area contributed by atoms with Crippen LogP contribution in [0.15, 0.2) is 36.4 Å². The lowest BCUT2D eigenvalue weighted by Crippen LogP contribution is -2.03. The lowest BCUT2D eigenvalue weighted by molar-refractivity contribution is 0.791. The van der Waals surface area contributed by atoms with E-state index >= 15 is 0 Å². The van der Waals surface area contributed by atoms with Crippen LogP contribution < -0.4 is 0 Å². The number of aromatic nitrogens is 6. The van der Waals surface area contributed by atoms with Crippen molar-refractivity contribution in [2.45, 2.75) is 39.0 Å². The third kappa shape index (κ3) is 2.63. The van der Waals surface area contributed by atoms with Crippen LogP contribution in [0.2, 0.25) is 0 Å². The molecule has 0 spiro atoms. The van der Waals surface area contributed by atoms with Crippen molar-refractivity contribution in [2.75, 3.05) is 0 Å². The predicted octanol–water partition coefficient (Wildman–Crippen LogP) is 3.75. The highest BCUT2D eigenvalue weighted by Gasteiger charge is 2.43. The highest BCUT2D eigenvalue weighted by atomic mass is 15.3. The van der Waals surface area contributed by atoms with Gasteiger partial charge in [0.2, 0.25) is 0 Å². The van der Waals surface area contributed by atoms with Crippen LogP contribution in [0, 0.1) is 20.8 Å². The Balaban J connectivity index is 1.51. The number of nitrogens with zero attached hydrogens (tertiary/aromatic N) is 6. The Kier molecular flexibility index (Phi) is 3.44. The van der Waals surface area contributed by atoms with Gasteiger partial charge in [-0.05, 0) is 51.5 Å². The molecule has 1 aromatic carbocycles. The number of rotatable bonds is 3. The Bertz CT molecular complexity index is 1170. The van der Waals surface area contributed by atoms with E-state index in [1.165, 1.54) is 5.52 Å². The van der Waals surface area contributed by atoms with Crippen LogP contribution in [0.25, 0.3) is 16.7 Å². The first-order chi connectivity index (χ1) is 13.0. The summed E-state index contributed by atoms with van der Waals surface area (Å²) in [4.78, 5) is 14.1.